The van der Waals surface area contributed by atoms with Crippen LogP contribution in [-0.2, 0) is 0 Å². The predicted molar refractivity (Wildman–Crippen MR) is 57.6 cm³/mol. The van der Waals surface area contributed by atoms with Crippen LogP contribution in [0.1, 0.15) is 25.5 Å². The Hall–Kier alpha value is -1.69. The molecule has 0 bridgehead atoms. The van der Waals surface area contributed by atoms with E-state index in [-0.39, 0.29) is 33.7 Å². The quantitative estimate of drug-likeness (QED) is 0.596. The highest BCUT2D eigenvalue weighted by molar-refractivity contribution is 6.29. The van der Waals surface area contributed by atoms with Crippen molar-refractivity contribution in [2.24, 2.45) is 0 Å². The van der Waals surface area contributed by atoms with Gasteiger partial charge in [-0.3, -0.25) is 10.1 Å². The van der Waals surface area contributed by atoms with Gasteiger partial charge in [0, 0.05) is 5.92 Å². The third-order valence-corrected chi connectivity index (χ3v) is 2.26. The molecule has 7 heteroatoms. The molecule has 0 amide bonds. The van der Waals surface area contributed by atoms with E-state index in [1.54, 1.807) is 13.8 Å². The van der Waals surface area contributed by atoms with Gasteiger partial charge in [-0.1, -0.05) is 25.4 Å². The summed E-state index contributed by atoms with van der Waals surface area (Å²) in [5.41, 5.74) is 0.0843. The molecule has 0 saturated heterocycles. The highest BCUT2D eigenvalue weighted by atomic mass is 35.5. The lowest BCUT2D eigenvalue weighted by atomic mass is 10.1. The Labute approximate surface area is 95.4 Å². The Morgan fingerprint density at radius 2 is 2.25 bits per heavy atom. The second-order valence-corrected chi connectivity index (χ2v) is 3.96. The minimum atomic E-state index is -0.522. The molecule has 0 aliphatic rings. The first kappa shape index (κ1) is 10.8. The molecule has 2 heterocycles. The number of nitrogens with zero attached hydrogens (tertiary/aromatic N) is 3. The van der Waals surface area contributed by atoms with Crippen molar-refractivity contribution in [2.45, 2.75) is 19.8 Å². The molecule has 0 spiro atoms. The van der Waals surface area contributed by atoms with E-state index in [0.29, 0.717) is 0 Å². The fraction of sp³-hybridized carbons (Fsp3) is 0.333. The number of rotatable bonds is 2. The molecule has 0 radical (unpaired) electrons. The Morgan fingerprint density at radius 3 is 2.81 bits per heavy atom. The van der Waals surface area contributed by atoms with E-state index in [4.69, 9.17) is 16.0 Å². The first-order valence-electron chi connectivity index (χ1n) is 4.60. The third kappa shape index (κ3) is 1.61. The smallest absolute Gasteiger partial charge is 0.338 e. The highest BCUT2D eigenvalue weighted by Crippen LogP contribution is 2.35. The van der Waals surface area contributed by atoms with Crippen LogP contribution in [0.2, 0.25) is 5.15 Å². The van der Waals surface area contributed by atoms with Crippen LogP contribution in [0.4, 0.5) is 5.69 Å². The van der Waals surface area contributed by atoms with Gasteiger partial charge in [0.1, 0.15) is 5.15 Å². The number of hydrogen-bond donors (Lipinski definition) is 0. The monoisotopic (exact) mass is 241 g/mol. The molecule has 6 nitrogen and oxygen atoms in total. The first-order chi connectivity index (χ1) is 7.50. The average Bonchev–Trinajstić information content (AvgIpc) is 2.55. The van der Waals surface area contributed by atoms with Crippen molar-refractivity contribution in [1.82, 2.24) is 9.97 Å². The van der Waals surface area contributed by atoms with Crippen LogP contribution in [-0.4, -0.2) is 14.9 Å². The molecule has 0 aromatic carbocycles. The maximum absolute atomic E-state index is 10.9. The number of fused-ring (bicyclic) bond motifs is 1. The van der Waals surface area contributed by atoms with E-state index < -0.39 is 4.92 Å². The molecule has 0 fully saturated rings. The Balaban J connectivity index is 2.82. The number of nitro groups is 1. The van der Waals surface area contributed by atoms with Gasteiger partial charge in [0.25, 0.3) is 5.71 Å². The molecule has 84 valence electrons. The van der Waals surface area contributed by atoms with Crippen LogP contribution in [0.3, 0.4) is 0 Å². The molecule has 2 rings (SSSR count). The standard InChI is InChI=1S/C9H8ClN3O3/c1-4(2)8-7(13(14)15)6-9(16-8)11-3-5(10)12-6/h3-4H,1-2H3. The third-order valence-electron chi connectivity index (χ3n) is 2.08. The van der Waals surface area contributed by atoms with Crippen molar-refractivity contribution in [1.29, 1.82) is 0 Å². The fourth-order valence-corrected chi connectivity index (χ4v) is 1.56. The fourth-order valence-electron chi connectivity index (χ4n) is 1.42. The number of aromatic nitrogens is 2. The number of hydrogen-bond acceptors (Lipinski definition) is 5. The van der Waals surface area contributed by atoms with Crippen molar-refractivity contribution in [2.75, 3.05) is 0 Å². The Morgan fingerprint density at radius 1 is 1.56 bits per heavy atom. The summed E-state index contributed by atoms with van der Waals surface area (Å²) in [6.07, 6.45) is 1.29. The number of halogens is 1. The van der Waals surface area contributed by atoms with Gasteiger partial charge in [-0.25, -0.2) is 9.97 Å². The lowest BCUT2D eigenvalue weighted by Crippen LogP contribution is -1.94. The second-order valence-electron chi connectivity index (χ2n) is 3.57. The molecule has 0 N–H and O–H groups in total. The molecule has 0 atom stereocenters. The van der Waals surface area contributed by atoms with Gasteiger partial charge < -0.3 is 4.42 Å². The van der Waals surface area contributed by atoms with Gasteiger partial charge in [-0.15, -0.1) is 0 Å². The van der Waals surface area contributed by atoms with Crippen LogP contribution in [0, 0.1) is 10.1 Å². The Kier molecular flexibility index (Phi) is 2.51. The zero-order chi connectivity index (χ0) is 11.9. The molecule has 16 heavy (non-hydrogen) atoms. The maximum atomic E-state index is 10.9. The molecule has 0 saturated carbocycles. The lowest BCUT2D eigenvalue weighted by Gasteiger charge is -1.97. The van der Waals surface area contributed by atoms with E-state index in [9.17, 15) is 10.1 Å². The zero-order valence-corrected chi connectivity index (χ0v) is 9.35. The molecule has 0 aliphatic heterocycles. The topological polar surface area (TPSA) is 82.1 Å². The second kappa shape index (κ2) is 3.71. The van der Waals surface area contributed by atoms with Gasteiger partial charge >= 0.3 is 5.69 Å². The largest absolute Gasteiger partial charge is 0.434 e. The number of furan rings is 1. The van der Waals surface area contributed by atoms with E-state index in [1.165, 1.54) is 6.20 Å². The van der Waals surface area contributed by atoms with E-state index in [1.807, 2.05) is 0 Å². The van der Waals surface area contributed by atoms with Crippen LogP contribution >= 0.6 is 11.6 Å². The van der Waals surface area contributed by atoms with E-state index in [2.05, 4.69) is 9.97 Å². The molecule has 2 aromatic rings. The van der Waals surface area contributed by atoms with Gasteiger partial charge in [-0.05, 0) is 0 Å². The molecule has 0 aliphatic carbocycles. The van der Waals surface area contributed by atoms with Crippen molar-refractivity contribution in [3.8, 4) is 0 Å². The van der Waals surface area contributed by atoms with Gasteiger partial charge in [-0.2, -0.15) is 0 Å². The van der Waals surface area contributed by atoms with Gasteiger partial charge in [0.15, 0.2) is 5.76 Å². The van der Waals surface area contributed by atoms with Crippen molar-refractivity contribution in [3.63, 3.8) is 0 Å². The minimum Gasteiger partial charge on any atom is -0.434 e. The van der Waals surface area contributed by atoms with Crippen LogP contribution < -0.4 is 0 Å². The van der Waals surface area contributed by atoms with E-state index >= 15 is 0 Å². The van der Waals surface area contributed by atoms with Crippen molar-refractivity contribution < 1.29 is 9.34 Å². The average molecular weight is 242 g/mol. The lowest BCUT2D eigenvalue weighted by molar-refractivity contribution is -0.384. The van der Waals surface area contributed by atoms with Gasteiger partial charge in [0.05, 0.1) is 11.1 Å². The molecular formula is C9H8ClN3O3. The molecule has 0 unspecified atom stereocenters. The summed E-state index contributed by atoms with van der Waals surface area (Å²) in [5.74, 6) is 0.150. The van der Waals surface area contributed by atoms with Crippen molar-refractivity contribution >= 4 is 28.5 Å². The SMILES string of the molecule is CC(C)c1oc2ncc(Cl)nc2c1[N+](=O)[O-]. The predicted octanol–water partition coefficient (Wildman–Crippen LogP) is 2.91. The van der Waals surface area contributed by atoms with Crippen LogP contribution in [0.5, 0.6) is 0 Å². The van der Waals surface area contributed by atoms with Gasteiger partial charge in [0.2, 0.25) is 5.52 Å². The normalized spacial score (nSPS) is 11.2. The summed E-state index contributed by atoms with van der Waals surface area (Å²) in [5, 5.41) is 11.1. The summed E-state index contributed by atoms with van der Waals surface area (Å²) < 4.78 is 5.30. The van der Waals surface area contributed by atoms with Crippen molar-refractivity contribution in [3.05, 3.63) is 27.2 Å². The summed E-state index contributed by atoms with van der Waals surface area (Å²) in [7, 11) is 0. The maximum Gasteiger partial charge on any atom is 0.338 e. The summed E-state index contributed by atoms with van der Waals surface area (Å²) in [6, 6.07) is 0. The minimum absolute atomic E-state index is 0.0983. The van der Waals surface area contributed by atoms with Crippen LogP contribution in [0.15, 0.2) is 10.6 Å². The summed E-state index contributed by atoms with van der Waals surface area (Å²) in [4.78, 5) is 18.2. The van der Waals surface area contributed by atoms with Crippen LogP contribution in [0.25, 0.3) is 11.2 Å². The molecule has 2 aromatic heterocycles. The molecular weight excluding hydrogens is 234 g/mol. The zero-order valence-electron chi connectivity index (χ0n) is 8.60. The summed E-state index contributed by atoms with van der Waals surface area (Å²) in [6.45, 7) is 3.60. The highest BCUT2D eigenvalue weighted by Gasteiger charge is 2.28. The first-order valence-corrected chi connectivity index (χ1v) is 4.98. The summed E-state index contributed by atoms with van der Waals surface area (Å²) >= 11 is 5.65. The Bertz CT molecular complexity index is 564. The van der Waals surface area contributed by atoms with E-state index in [0.717, 1.165) is 0 Å².